The van der Waals surface area contributed by atoms with Gasteiger partial charge in [0, 0.05) is 5.25 Å². The summed E-state index contributed by atoms with van der Waals surface area (Å²) >= 11 is 0. The van der Waals surface area contributed by atoms with E-state index >= 15 is 0 Å². The van der Waals surface area contributed by atoms with E-state index in [4.69, 9.17) is 0 Å². The predicted molar refractivity (Wildman–Crippen MR) is 100 cm³/mol. The average Bonchev–Trinajstić information content (AvgIpc) is 2.53. The number of aliphatic hydroxyl groups excluding tert-OH is 1. The topological polar surface area (TPSA) is 77.4 Å². The van der Waals surface area contributed by atoms with Gasteiger partial charge in [-0.25, -0.2) is 8.42 Å². The fourth-order valence-electron chi connectivity index (χ4n) is 3.13. The number of aliphatic hydroxyl groups is 1. The van der Waals surface area contributed by atoms with E-state index in [1.165, 1.54) is 38.5 Å². The number of hydrogen-bond donors (Lipinski definition) is 1. The van der Waals surface area contributed by atoms with Crippen LogP contribution in [0, 0.1) is 0 Å². The van der Waals surface area contributed by atoms with Crippen LogP contribution in [0.4, 0.5) is 0 Å². The first-order valence-corrected chi connectivity index (χ1v) is 11.5. The van der Waals surface area contributed by atoms with E-state index in [0.29, 0.717) is 12.8 Å². The zero-order valence-corrected chi connectivity index (χ0v) is 20.8. The van der Waals surface area contributed by atoms with Crippen molar-refractivity contribution in [1.29, 1.82) is 0 Å². The van der Waals surface area contributed by atoms with Crippen LogP contribution in [0.15, 0.2) is 0 Å². The summed E-state index contributed by atoms with van der Waals surface area (Å²) in [6.45, 7) is 3.94. The maximum Gasteiger partial charge on any atom is 1.00 e. The normalized spacial score (nSPS) is 14.1. The Morgan fingerprint density at radius 3 is 1.52 bits per heavy atom. The zero-order chi connectivity index (χ0) is 18.3. The minimum absolute atomic E-state index is 0. The van der Waals surface area contributed by atoms with Crippen LogP contribution in [-0.2, 0) is 10.1 Å². The Hall–Kier alpha value is 1.51. The molecule has 0 heterocycles. The third-order valence-corrected chi connectivity index (χ3v) is 6.09. The van der Waals surface area contributed by atoms with Crippen molar-refractivity contribution in [3.05, 3.63) is 0 Å². The Kier molecular flexibility index (Phi) is 21.7. The molecule has 1 N–H and O–H groups in total. The monoisotopic (exact) mass is 402 g/mol. The fraction of sp³-hybridized carbons (Fsp3) is 1.00. The van der Waals surface area contributed by atoms with Gasteiger partial charge in [-0.15, -0.1) is 0 Å². The van der Waals surface area contributed by atoms with E-state index < -0.39 is 15.4 Å². The molecular weight excluding hydrogens is 363 g/mol. The number of hydrogen-bond acceptors (Lipinski definition) is 4. The molecule has 0 spiro atoms. The van der Waals surface area contributed by atoms with Crippen LogP contribution < -0.4 is 51.4 Å². The summed E-state index contributed by atoms with van der Waals surface area (Å²) in [4.78, 5) is 0. The van der Waals surface area contributed by atoms with Crippen molar-refractivity contribution in [1.82, 2.24) is 0 Å². The van der Waals surface area contributed by atoms with E-state index in [2.05, 4.69) is 0 Å². The van der Waals surface area contributed by atoms with Gasteiger partial charge in [-0.05, 0) is 25.7 Å². The molecule has 2 atom stereocenters. The van der Waals surface area contributed by atoms with Crippen molar-refractivity contribution >= 4 is 10.1 Å². The van der Waals surface area contributed by atoms with E-state index in [-0.39, 0.29) is 57.5 Å². The van der Waals surface area contributed by atoms with Gasteiger partial charge in [0.05, 0.1) is 16.2 Å². The first-order valence-electron chi connectivity index (χ1n) is 10.0. The molecule has 0 aliphatic heterocycles. The maximum atomic E-state index is 11.1. The molecular formula is C19H39KO4S. The maximum absolute atomic E-state index is 11.1. The van der Waals surface area contributed by atoms with Gasteiger partial charge in [-0.3, -0.25) is 0 Å². The SMILES string of the molecule is CCCC(CCCCCCCCCCCCC(O)CC)S(=O)(=O)[O-].[K+]. The Morgan fingerprint density at radius 1 is 0.760 bits per heavy atom. The van der Waals surface area contributed by atoms with Crippen LogP contribution in [0.25, 0.3) is 0 Å². The van der Waals surface area contributed by atoms with Crippen LogP contribution in [0.5, 0.6) is 0 Å². The predicted octanol–water partition coefficient (Wildman–Crippen LogP) is 2.16. The van der Waals surface area contributed by atoms with Crippen LogP contribution >= 0.6 is 0 Å². The van der Waals surface area contributed by atoms with Crippen molar-refractivity contribution in [3.8, 4) is 0 Å². The van der Waals surface area contributed by atoms with Crippen molar-refractivity contribution in [2.24, 2.45) is 0 Å². The van der Waals surface area contributed by atoms with Gasteiger partial charge in [-0.2, -0.15) is 0 Å². The third kappa shape index (κ3) is 18.6. The molecule has 25 heavy (non-hydrogen) atoms. The Bertz CT molecular complexity index is 374. The van der Waals surface area contributed by atoms with Gasteiger partial charge in [0.2, 0.25) is 0 Å². The molecule has 0 aliphatic carbocycles. The molecule has 0 bridgehead atoms. The summed E-state index contributed by atoms with van der Waals surface area (Å²) in [6, 6.07) is 0. The molecule has 6 heteroatoms. The van der Waals surface area contributed by atoms with E-state index in [9.17, 15) is 18.1 Å². The number of rotatable bonds is 17. The summed E-state index contributed by atoms with van der Waals surface area (Å²) in [7, 11) is -4.11. The van der Waals surface area contributed by atoms with Crippen LogP contribution in [0.2, 0.25) is 0 Å². The largest absolute Gasteiger partial charge is 1.00 e. The molecule has 0 aliphatic rings. The zero-order valence-electron chi connectivity index (χ0n) is 16.8. The molecule has 0 aromatic heterocycles. The minimum Gasteiger partial charge on any atom is -0.748 e. The Morgan fingerprint density at radius 2 is 1.16 bits per heavy atom. The molecule has 0 saturated heterocycles. The molecule has 0 aromatic carbocycles. The standard InChI is InChI=1S/C19H40O4S.K/c1-3-15-19(24(21,22)23)17-14-12-10-8-6-5-7-9-11-13-16-18(20)4-2;/h18-20H,3-17H2,1-2H3,(H,21,22,23);/q;+1/p-1. The van der Waals surface area contributed by atoms with Crippen LogP contribution in [0.3, 0.4) is 0 Å². The Labute approximate surface area is 199 Å². The summed E-state index contributed by atoms with van der Waals surface area (Å²) < 4.78 is 33.4. The molecule has 0 aromatic rings. The van der Waals surface area contributed by atoms with Crippen molar-refractivity contribution in [3.63, 3.8) is 0 Å². The molecule has 0 rings (SSSR count). The third-order valence-electron chi connectivity index (χ3n) is 4.80. The Balaban J connectivity index is 0. The summed E-state index contributed by atoms with van der Waals surface area (Å²) in [6.07, 6.45) is 15.1. The van der Waals surface area contributed by atoms with Crippen molar-refractivity contribution in [2.45, 2.75) is 122 Å². The molecule has 2 unspecified atom stereocenters. The summed E-state index contributed by atoms with van der Waals surface area (Å²) in [5.41, 5.74) is 0. The van der Waals surface area contributed by atoms with Gasteiger partial charge in [0.1, 0.15) is 0 Å². The van der Waals surface area contributed by atoms with Gasteiger partial charge < -0.3 is 9.66 Å². The fourth-order valence-corrected chi connectivity index (χ4v) is 4.11. The van der Waals surface area contributed by atoms with Gasteiger partial charge in [0.15, 0.2) is 0 Å². The van der Waals surface area contributed by atoms with Crippen LogP contribution in [0.1, 0.15) is 110 Å². The van der Waals surface area contributed by atoms with E-state index in [1.807, 2.05) is 13.8 Å². The number of unbranched alkanes of at least 4 members (excludes halogenated alkanes) is 9. The van der Waals surface area contributed by atoms with Crippen molar-refractivity contribution in [2.75, 3.05) is 0 Å². The second kappa shape index (κ2) is 18.9. The molecule has 146 valence electrons. The van der Waals surface area contributed by atoms with Gasteiger partial charge >= 0.3 is 51.4 Å². The molecule has 0 saturated carbocycles. The molecule has 4 nitrogen and oxygen atoms in total. The molecule has 0 radical (unpaired) electrons. The smallest absolute Gasteiger partial charge is 0.748 e. The minimum atomic E-state index is -4.11. The first-order chi connectivity index (χ1) is 11.4. The molecule has 0 amide bonds. The van der Waals surface area contributed by atoms with Crippen molar-refractivity contribution < 1.29 is 69.5 Å². The van der Waals surface area contributed by atoms with Gasteiger partial charge in [-0.1, -0.05) is 84.5 Å². The van der Waals surface area contributed by atoms with Crippen LogP contribution in [-0.4, -0.2) is 29.4 Å². The quantitative estimate of drug-likeness (QED) is 0.230. The second-order valence-corrected chi connectivity index (χ2v) is 8.73. The second-order valence-electron chi connectivity index (χ2n) is 7.08. The van der Waals surface area contributed by atoms with E-state index in [1.54, 1.807) is 0 Å². The average molecular weight is 403 g/mol. The van der Waals surface area contributed by atoms with Gasteiger partial charge in [0.25, 0.3) is 0 Å². The van der Waals surface area contributed by atoms with E-state index in [0.717, 1.165) is 44.9 Å². The summed E-state index contributed by atoms with van der Waals surface area (Å²) in [5, 5.41) is 8.79. The first kappa shape index (κ1) is 28.7. The summed E-state index contributed by atoms with van der Waals surface area (Å²) in [5.74, 6) is 0. The molecule has 0 fully saturated rings.